The maximum Gasteiger partial charge on any atom is 0.278 e. The predicted molar refractivity (Wildman–Crippen MR) is 105 cm³/mol. The average molecular weight is 372 g/mol. The largest absolute Gasteiger partial charge is 0.497 e. The molecule has 1 aromatic rings. The molecular formula is C21H31N4O2+. The summed E-state index contributed by atoms with van der Waals surface area (Å²) in [5.74, 6) is 0.970. The molecule has 1 N–H and O–H groups in total. The van der Waals surface area contributed by atoms with E-state index in [0.717, 1.165) is 57.6 Å². The molecule has 1 amide bonds. The molecule has 6 nitrogen and oxygen atoms in total. The van der Waals surface area contributed by atoms with Gasteiger partial charge in [0, 0.05) is 12.7 Å². The zero-order valence-corrected chi connectivity index (χ0v) is 16.5. The van der Waals surface area contributed by atoms with Gasteiger partial charge >= 0.3 is 0 Å². The van der Waals surface area contributed by atoms with Crippen molar-refractivity contribution in [3.63, 3.8) is 0 Å². The molecule has 27 heavy (non-hydrogen) atoms. The fourth-order valence-electron chi connectivity index (χ4n) is 4.28. The van der Waals surface area contributed by atoms with Gasteiger partial charge in [-0.3, -0.25) is 4.79 Å². The van der Waals surface area contributed by atoms with Crippen LogP contribution in [0.3, 0.4) is 0 Å². The summed E-state index contributed by atoms with van der Waals surface area (Å²) in [4.78, 5) is 18.2. The van der Waals surface area contributed by atoms with E-state index in [1.54, 1.807) is 12.0 Å². The van der Waals surface area contributed by atoms with Crippen molar-refractivity contribution in [2.24, 2.45) is 0 Å². The Morgan fingerprint density at radius 1 is 1.22 bits per heavy atom. The van der Waals surface area contributed by atoms with Gasteiger partial charge in [0.1, 0.15) is 11.3 Å². The summed E-state index contributed by atoms with van der Waals surface area (Å²) < 4.78 is 5.22. The normalized spacial score (nSPS) is 20.0. The van der Waals surface area contributed by atoms with E-state index < -0.39 is 5.54 Å². The number of nitrogens with one attached hydrogen (secondary N) is 1. The zero-order valence-electron chi connectivity index (χ0n) is 16.5. The second-order valence-electron chi connectivity index (χ2n) is 7.77. The van der Waals surface area contributed by atoms with Gasteiger partial charge < -0.3 is 19.4 Å². The number of likely N-dealkylation sites (N-methyl/N-ethyl adjacent to an activating group) is 1. The summed E-state index contributed by atoms with van der Waals surface area (Å²) in [6, 6.07) is 10.6. The minimum Gasteiger partial charge on any atom is -0.497 e. The lowest BCUT2D eigenvalue weighted by Crippen LogP contribution is -3.16. The smallest absolute Gasteiger partial charge is 0.278 e. The van der Waals surface area contributed by atoms with E-state index in [9.17, 15) is 10.1 Å². The number of piperazine rings is 1. The number of nitriles is 1. The van der Waals surface area contributed by atoms with Gasteiger partial charge in [0.15, 0.2) is 6.54 Å². The quantitative estimate of drug-likeness (QED) is 0.842. The maximum absolute atomic E-state index is 12.8. The third kappa shape index (κ3) is 4.36. The van der Waals surface area contributed by atoms with E-state index in [2.05, 4.69) is 23.1 Å². The summed E-state index contributed by atoms with van der Waals surface area (Å²) >= 11 is 0. The average Bonchev–Trinajstić information content (AvgIpc) is 2.74. The standard InChI is InChI=1S/C21H30N4O2/c1-23(21(17-22)10-4-3-5-11-21)20(26)16-24-12-14-25(15-13-24)18-6-8-19(27-2)9-7-18/h6-9H,3-5,10-16H2,1-2H3/p+1. The summed E-state index contributed by atoms with van der Waals surface area (Å²) in [5.41, 5.74) is 0.614. The summed E-state index contributed by atoms with van der Waals surface area (Å²) in [6.45, 7) is 4.22. The fourth-order valence-corrected chi connectivity index (χ4v) is 4.28. The third-order valence-corrected chi connectivity index (χ3v) is 6.21. The highest BCUT2D eigenvalue weighted by atomic mass is 16.5. The SMILES string of the molecule is COc1ccc(N2CC[NH+](CC(=O)N(C)C3(C#N)CCCCC3)CC2)cc1. The minimum atomic E-state index is -0.584. The van der Waals surface area contributed by atoms with Crippen LogP contribution in [0.2, 0.25) is 0 Å². The first-order chi connectivity index (χ1) is 13.1. The van der Waals surface area contributed by atoms with Gasteiger partial charge in [0.25, 0.3) is 5.91 Å². The number of rotatable bonds is 5. The Hall–Kier alpha value is -2.26. The molecule has 6 heteroatoms. The van der Waals surface area contributed by atoms with E-state index in [1.165, 1.54) is 17.0 Å². The minimum absolute atomic E-state index is 0.103. The number of methoxy groups -OCH3 is 1. The molecule has 0 unspecified atom stereocenters. The first-order valence-electron chi connectivity index (χ1n) is 9.98. The van der Waals surface area contributed by atoms with Gasteiger partial charge in [-0.05, 0) is 37.1 Å². The van der Waals surface area contributed by atoms with Crippen LogP contribution >= 0.6 is 0 Å². The first-order valence-corrected chi connectivity index (χ1v) is 9.98. The number of carbonyl (C=O) groups excluding carboxylic acids is 1. The lowest BCUT2D eigenvalue weighted by atomic mass is 9.81. The van der Waals surface area contributed by atoms with Crippen LogP contribution in [-0.2, 0) is 4.79 Å². The second-order valence-corrected chi connectivity index (χ2v) is 7.77. The van der Waals surface area contributed by atoms with E-state index in [1.807, 2.05) is 19.2 Å². The van der Waals surface area contributed by atoms with E-state index >= 15 is 0 Å². The van der Waals surface area contributed by atoms with Crippen LogP contribution in [0, 0.1) is 11.3 Å². The topological polar surface area (TPSA) is 61.0 Å². The molecule has 1 heterocycles. The molecule has 0 spiro atoms. The number of carbonyl (C=O) groups is 1. The van der Waals surface area contributed by atoms with Gasteiger partial charge in [-0.2, -0.15) is 5.26 Å². The summed E-state index contributed by atoms with van der Waals surface area (Å²) in [7, 11) is 3.50. The Kier molecular flexibility index (Phi) is 6.22. The van der Waals surface area contributed by atoms with Crippen molar-refractivity contribution >= 4 is 11.6 Å². The van der Waals surface area contributed by atoms with Crippen molar-refractivity contribution in [2.75, 3.05) is 51.8 Å². The number of hydrogen-bond acceptors (Lipinski definition) is 4. The monoisotopic (exact) mass is 371 g/mol. The van der Waals surface area contributed by atoms with Gasteiger partial charge in [-0.1, -0.05) is 19.3 Å². The molecule has 0 aromatic heterocycles. The molecular weight excluding hydrogens is 340 g/mol. The molecule has 3 rings (SSSR count). The van der Waals surface area contributed by atoms with Crippen LogP contribution in [0.5, 0.6) is 5.75 Å². The molecule has 146 valence electrons. The lowest BCUT2D eigenvalue weighted by molar-refractivity contribution is -0.892. The van der Waals surface area contributed by atoms with Crippen LogP contribution in [0.25, 0.3) is 0 Å². The van der Waals surface area contributed by atoms with E-state index in [4.69, 9.17) is 4.74 Å². The van der Waals surface area contributed by atoms with Crippen molar-refractivity contribution in [3.8, 4) is 11.8 Å². The van der Waals surface area contributed by atoms with Crippen LogP contribution in [-0.4, -0.2) is 63.2 Å². The zero-order chi connectivity index (χ0) is 19.3. The number of quaternary nitrogens is 1. The number of amides is 1. The van der Waals surface area contributed by atoms with Crippen molar-refractivity contribution in [3.05, 3.63) is 24.3 Å². The van der Waals surface area contributed by atoms with Crippen LogP contribution in [0.1, 0.15) is 32.1 Å². The summed E-state index contributed by atoms with van der Waals surface area (Å²) in [5, 5.41) is 9.70. The first kappa shape index (κ1) is 19.5. The molecule has 0 radical (unpaired) electrons. The van der Waals surface area contributed by atoms with Crippen LogP contribution in [0.4, 0.5) is 5.69 Å². The van der Waals surface area contributed by atoms with Gasteiger partial charge in [-0.15, -0.1) is 0 Å². The van der Waals surface area contributed by atoms with Crippen LogP contribution in [0.15, 0.2) is 24.3 Å². The van der Waals surface area contributed by atoms with Crippen molar-refractivity contribution in [1.29, 1.82) is 5.26 Å². The molecule has 2 fully saturated rings. The number of anilines is 1. The molecule has 1 saturated carbocycles. The Bertz CT molecular complexity index is 668. The number of hydrogen-bond donors (Lipinski definition) is 1. The highest BCUT2D eigenvalue weighted by Crippen LogP contribution is 2.32. The van der Waals surface area contributed by atoms with Crippen LogP contribution < -0.4 is 14.5 Å². The number of nitrogens with zero attached hydrogens (tertiary/aromatic N) is 3. The highest BCUT2D eigenvalue weighted by Gasteiger charge is 2.39. The Morgan fingerprint density at radius 3 is 2.41 bits per heavy atom. The highest BCUT2D eigenvalue weighted by molar-refractivity contribution is 5.78. The van der Waals surface area contributed by atoms with E-state index in [0.29, 0.717) is 6.54 Å². The summed E-state index contributed by atoms with van der Waals surface area (Å²) in [6.07, 6.45) is 4.87. The number of benzene rings is 1. The predicted octanol–water partition coefficient (Wildman–Crippen LogP) is 1.08. The Balaban J connectivity index is 1.52. The molecule has 1 aliphatic heterocycles. The maximum atomic E-state index is 12.8. The Labute approximate surface area is 162 Å². The number of ether oxygens (including phenoxy) is 1. The van der Waals surface area contributed by atoms with Gasteiger partial charge in [-0.25, -0.2) is 0 Å². The molecule has 1 saturated heterocycles. The molecule has 1 aromatic carbocycles. The Morgan fingerprint density at radius 2 is 1.85 bits per heavy atom. The second kappa shape index (κ2) is 8.62. The lowest BCUT2D eigenvalue weighted by Gasteiger charge is -2.40. The van der Waals surface area contributed by atoms with Crippen molar-refractivity contribution < 1.29 is 14.4 Å². The van der Waals surface area contributed by atoms with Crippen molar-refractivity contribution in [2.45, 2.75) is 37.6 Å². The van der Waals surface area contributed by atoms with Gasteiger partial charge in [0.05, 0.1) is 39.4 Å². The molecule has 0 bridgehead atoms. The molecule has 2 aliphatic rings. The molecule has 1 aliphatic carbocycles. The third-order valence-electron chi connectivity index (χ3n) is 6.21. The fraction of sp³-hybridized carbons (Fsp3) is 0.619. The van der Waals surface area contributed by atoms with Gasteiger partial charge in [0.2, 0.25) is 0 Å². The molecule has 0 atom stereocenters. The van der Waals surface area contributed by atoms with Crippen molar-refractivity contribution in [1.82, 2.24) is 4.90 Å². The van der Waals surface area contributed by atoms with E-state index in [-0.39, 0.29) is 5.91 Å².